The Hall–Kier alpha value is -0.190. The summed E-state index contributed by atoms with van der Waals surface area (Å²) in [6.07, 6.45) is 3.99. The predicted octanol–water partition coefficient (Wildman–Crippen LogP) is 1.74. The van der Waals surface area contributed by atoms with Gasteiger partial charge in [0, 0.05) is 13.2 Å². The van der Waals surface area contributed by atoms with Crippen LogP contribution in [0.15, 0.2) is 21.6 Å². The average molecular weight is 251 g/mol. The fourth-order valence-corrected chi connectivity index (χ4v) is 1.75. The Morgan fingerprint density at radius 2 is 2.40 bits per heavy atom. The number of nitrogens with zero attached hydrogens (tertiary/aromatic N) is 1. The molecule has 0 bridgehead atoms. The van der Waals surface area contributed by atoms with Crippen LogP contribution < -0.4 is 0 Å². The van der Waals surface area contributed by atoms with Gasteiger partial charge in [0.15, 0.2) is 0 Å². The van der Waals surface area contributed by atoms with Crippen LogP contribution in [0, 0.1) is 0 Å². The molecule has 0 fully saturated rings. The zero-order chi connectivity index (χ0) is 7.56. The summed E-state index contributed by atoms with van der Waals surface area (Å²) in [5.74, 6) is 0.985. The first-order chi connectivity index (χ1) is 4.74. The van der Waals surface area contributed by atoms with Gasteiger partial charge in [-0.2, -0.15) is 0 Å². The lowest BCUT2D eigenvalue weighted by Crippen LogP contribution is -2.16. The van der Waals surface area contributed by atoms with Crippen molar-refractivity contribution in [2.45, 2.75) is 0 Å². The Kier molecular flexibility index (Phi) is 2.59. The van der Waals surface area contributed by atoms with Crippen LogP contribution in [0.2, 0.25) is 0 Å². The molecule has 0 saturated carbocycles. The largest absolute Gasteiger partial charge is 0.496 e. The second kappa shape index (κ2) is 3.27. The zero-order valence-electron chi connectivity index (χ0n) is 6.10. The summed E-state index contributed by atoms with van der Waals surface area (Å²) in [6.45, 7) is 0.959. The molecule has 0 atom stereocenters. The molecule has 0 unspecified atom stereocenters. The van der Waals surface area contributed by atoms with Gasteiger partial charge in [0.2, 0.25) is 0 Å². The number of ether oxygens (including phenoxy) is 1. The normalized spacial score (nSPS) is 18.1. The lowest BCUT2D eigenvalue weighted by Gasteiger charge is -2.19. The fourth-order valence-electron chi connectivity index (χ4n) is 0.814. The van der Waals surface area contributed by atoms with E-state index in [1.54, 1.807) is 7.11 Å². The predicted molar refractivity (Wildman–Crippen MR) is 49.8 cm³/mol. The van der Waals surface area contributed by atoms with Gasteiger partial charge in [0.1, 0.15) is 5.76 Å². The molecule has 0 radical (unpaired) electrons. The van der Waals surface area contributed by atoms with Gasteiger partial charge in [0.25, 0.3) is 0 Å². The highest BCUT2D eigenvalue weighted by atomic mass is 127. The lowest BCUT2D eigenvalue weighted by atomic mass is 10.3. The SMILES string of the molecule is COC1=C(I)CN(C)C=C1. The van der Waals surface area contributed by atoms with Crippen LogP contribution in [0.4, 0.5) is 0 Å². The zero-order valence-corrected chi connectivity index (χ0v) is 8.25. The van der Waals surface area contributed by atoms with E-state index in [0.29, 0.717) is 0 Å². The van der Waals surface area contributed by atoms with Crippen molar-refractivity contribution >= 4 is 22.6 Å². The second-order valence-corrected chi connectivity index (χ2v) is 3.51. The van der Waals surface area contributed by atoms with Crippen molar-refractivity contribution in [1.29, 1.82) is 0 Å². The minimum Gasteiger partial charge on any atom is -0.496 e. The van der Waals surface area contributed by atoms with Gasteiger partial charge in [0.05, 0.1) is 17.2 Å². The molecule has 0 aromatic heterocycles. The summed E-state index contributed by atoms with van der Waals surface area (Å²) in [6, 6.07) is 0. The number of likely N-dealkylation sites (N-methyl/N-ethyl adjacent to an activating group) is 1. The van der Waals surface area contributed by atoms with Gasteiger partial charge in [-0.25, -0.2) is 0 Å². The van der Waals surface area contributed by atoms with Crippen LogP contribution >= 0.6 is 22.6 Å². The highest BCUT2D eigenvalue weighted by Crippen LogP contribution is 2.19. The maximum absolute atomic E-state index is 5.11. The van der Waals surface area contributed by atoms with Crippen LogP contribution in [0.3, 0.4) is 0 Å². The molecule has 0 N–H and O–H groups in total. The lowest BCUT2D eigenvalue weighted by molar-refractivity contribution is 0.296. The molecular formula is C7H10INO. The summed E-state index contributed by atoms with van der Waals surface area (Å²) in [5, 5.41) is 0. The second-order valence-electron chi connectivity index (χ2n) is 2.20. The van der Waals surface area contributed by atoms with Crippen molar-refractivity contribution in [2.24, 2.45) is 0 Å². The third kappa shape index (κ3) is 1.65. The average Bonchev–Trinajstić information content (AvgIpc) is 1.88. The maximum Gasteiger partial charge on any atom is 0.131 e. The first-order valence-corrected chi connectivity index (χ1v) is 4.13. The number of methoxy groups -OCH3 is 1. The summed E-state index contributed by atoms with van der Waals surface area (Å²) in [7, 11) is 3.74. The van der Waals surface area contributed by atoms with E-state index in [9.17, 15) is 0 Å². The van der Waals surface area contributed by atoms with E-state index in [-0.39, 0.29) is 0 Å². The van der Waals surface area contributed by atoms with Crippen LogP contribution in [0.5, 0.6) is 0 Å². The molecule has 1 aliphatic heterocycles. The minimum absolute atomic E-state index is 0.959. The smallest absolute Gasteiger partial charge is 0.131 e. The Morgan fingerprint density at radius 1 is 1.70 bits per heavy atom. The molecule has 10 heavy (non-hydrogen) atoms. The molecule has 0 spiro atoms. The van der Waals surface area contributed by atoms with Gasteiger partial charge in [-0.3, -0.25) is 0 Å². The fraction of sp³-hybridized carbons (Fsp3) is 0.429. The van der Waals surface area contributed by atoms with Gasteiger partial charge >= 0.3 is 0 Å². The minimum atomic E-state index is 0.959. The van der Waals surface area contributed by atoms with E-state index in [2.05, 4.69) is 27.5 Å². The van der Waals surface area contributed by atoms with Gasteiger partial charge in [-0.05, 0) is 28.7 Å². The van der Waals surface area contributed by atoms with Crippen molar-refractivity contribution in [3.63, 3.8) is 0 Å². The molecular weight excluding hydrogens is 241 g/mol. The first kappa shape index (κ1) is 7.91. The van der Waals surface area contributed by atoms with Gasteiger partial charge in [-0.15, -0.1) is 0 Å². The number of halogens is 1. The molecule has 1 heterocycles. The van der Waals surface area contributed by atoms with E-state index in [1.165, 1.54) is 3.58 Å². The molecule has 0 aromatic rings. The Balaban J connectivity index is 2.73. The summed E-state index contributed by atoms with van der Waals surface area (Å²) in [5.41, 5.74) is 0. The molecule has 3 heteroatoms. The van der Waals surface area contributed by atoms with Crippen LogP contribution in [0.25, 0.3) is 0 Å². The molecule has 2 nitrogen and oxygen atoms in total. The third-order valence-corrected chi connectivity index (χ3v) is 2.23. The van der Waals surface area contributed by atoms with E-state index >= 15 is 0 Å². The van der Waals surface area contributed by atoms with Gasteiger partial charge < -0.3 is 9.64 Å². The summed E-state index contributed by atoms with van der Waals surface area (Å²) < 4.78 is 6.37. The molecule has 0 aromatic carbocycles. The number of hydrogen-bond donors (Lipinski definition) is 0. The molecule has 1 aliphatic rings. The van der Waals surface area contributed by atoms with E-state index in [1.807, 2.05) is 19.3 Å². The monoisotopic (exact) mass is 251 g/mol. The van der Waals surface area contributed by atoms with Crippen molar-refractivity contribution in [3.05, 3.63) is 21.6 Å². The highest BCUT2D eigenvalue weighted by molar-refractivity contribution is 14.1. The van der Waals surface area contributed by atoms with Crippen molar-refractivity contribution < 1.29 is 4.74 Å². The third-order valence-electron chi connectivity index (χ3n) is 1.36. The molecule has 0 saturated heterocycles. The first-order valence-electron chi connectivity index (χ1n) is 3.05. The molecule has 1 rings (SSSR count). The quantitative estimate of drug-likeness (QED) is 0.658. The van der Waals surface area contributed by atoms with Crippen molar-refractivity contribution in [3.8, 4) is 0 Å². The maximum atomic E-state index is 5.11. The van der Waals surface area contributed by atoms with E-state index in [4.69, 9.17) is 4.74 Å². The van der Waals surface area contributed by atoms with Crippen LogP contribution in [-0.2, 0) is 4.74 Å². The Bertz CT molecular complexity index is 186. The Labute approximate surface area is 74.7 Å². The van der Waals surface area contributed by atoms with Crippen molar-refractivity contribution in [1.82, 2.24) is 4.90 Å². The van der Waals surface area contributed by atoms with Crippen LogP contribution in [0.1, 0.15) is 0 Å². The highest BCUT2D eigenvalue weighted by Gasteiger charge is 2.07. The number of rotatable bonds is 1. The molecule has 56 valence electrons. The summed E-state index contributed by atoms with van der Waals surface area (Å²) >= 11 is 2.30. The van der Waals surface area contributed by atoms with Crippen LogP contribution in [-0.4, -0.2) is 25.6 Å². The van der Waals surface area contributed by atoms with Crippen molar-refractivity contribution in [2.75, 3.05) is 20.7 Å². The van der Waals surface area contributed by atoms with E-state index in [0.717, 1.165) is 12.3 Å². The van der Waals surface area contributed by atoms with E-state index < -0.39 is 0 Å². The topological polar surface area (TPSA) is 12.5 Å². The summed E-state index contributed by atoms with van der Waals surface area (Å²) in [4.78, 5) is 2.12. The number of allylic oxidation sites excluding steroid dienone is 1. The van der Waals surface area contributed by atoms with Gasteiger partial charge in [-0.1, -0.05) is 0 Å². The molecule has 0 aliphatic carbocycles. The standard InChI is InChI=1S/C7H10INO/c1-9-4-3-7(10-2)6(8)5-9/h3-4H,5H2,1-2H3. The number of hydrogen-bond acceptors (Lipinski definition) is 2. The Morgan fingerprint density at radius 3 is 2.90 bits per heavy atom. The molecule has 0 amide bonds.